The first-order chi connectivity index (χ1) is 10.2. The summed E-state index contributed by atoms with van der Waals surface area (Å²) in [6.07, 6.45) is 0.953. The summed E-state index contributed by atoms with van der Waals surface area (Å²) in [5.74, 6) is 0.545. The van der Waals surface area contributed by atoms with Gasteiger partial charge in [-0.2, -0.15) is 0 Å². The number of hydrogen-bond acceptors (Lipinski definition) is 2. The number of rotatable bonds is 5. The predicted octanol–water partition coefficient (Wildman–Crippen LogP) is 3.95. The van der Waals surface area contributed by atoms with Crippen molar-refractivity contribution in [3.63, 3.8) is 0 Å². The van der Waals surface area contributed by atoms with E-state index in [0.717, 1.165) is 16.5 Å². The molecule has 4 heteroatoms. The molecule has 0 spiro atoms. The number of ether oxygens (including phenoxy) is 1. The number of nitrogens with one attached hydrogen (secondary N) is 1. The third-order valence-corrected chi connectivity index (χ3v) is 4.05. The molecule has 3 nitrogen and oxygen atoms in total. The van der Waals surface area contributed by atoms with Gasteiger partial charge in [0.05, 0.1) is 12.7 Å². The standard InChI is InChI=1S/C17H18BrNO2/c1-3-12-6-4-5-7-13(12)11-19-17(20)15-10-14(21-2)8-9-16(15)18/h4-10H,3,11H2,1-2H3,(H,19,20). The summed E-state index contributed by atoms with van der Waals surface area (Å²) in [5, 5.41) is 2.96. The van der Waals surface area contributed by atoms with Gasteiger partial charge in [0.25, 0.3) is 5.91 Å². The maximum Gasteiger partial charge on any atom is 0.252 e. The monoisotopic (exact) mass is 347 g/mol. The van der Waals surface area contributed by atoms with Gasteiger partial charge in [0, 0.05) is 11.0 Å². The Morgan fingerprint density at radius 3 is 2.57 bits per heavy atom. The smallest absolute Gasteiger partial charge is 0.252 e. The van der Waals surface area contributed by atoms with Crippen LogP contribution < -0.4 is 10.1 Å². The van der Waals surface area contributed by atoms with Crippen LogP contribution in [-0.4, -0.2) is 13.0 Å². The van der Waals surface area contributed by atoms with Crippen molar-refractivity contribution < 1.29 is 9.53 Å². The molecule has 0 aliphatic carbocycles. The Kier molecular flexibility index (Phi) is 5.39. The highest BCUT2D eigenvalue weighted by molar-refractivity contribution is 9.10. The maximum atomic E-state index is 12.3. The molecule has 0 radical (unpaired) electrons. The van der Waals surface area contributed by atoms with Crippen molar-refractivity contribution >= 4 is 21.8 Å². The SMILES string of the molecule is CCc1ccccc1CNC(=O)c1cc(OC)ccc1Br. The Hall–Kier alpha value is -1.81. The van der Waals surface area contributed by atoms with E-state index in [0.29, 0.717) is 17.9 Å². The number of carbonyl (C=O) groups is 1. The van der Waals surface area contributed by atoms with Gasteiger partial charge in [-0.3, -0.25) is 4.79 Å². The van der Waals surface area contributed by atoms with Crippen molar-refractivity contribution in [2.24, 2.45) is 0 Å². The Balaban J connectivity index is 2.11. The van der Waals surface area contributed by atoms with Gasteiger partial charge in [-0.15, -0.1) is 0 Å². The lowest BCUT2D eigenvalue weighted by atomic mass is 10.1. The topological polar surface area (TPSA) is 38.3 Å². The van der Waals surface area contributed by atoms with Crippen LogP contribution in [0.25, 0.3) is 0 Å². The Labute approximate surface area is 133 Å². The van der Waals surface area contributed by atoms with Gasteiger partial charge < -0.3 is 10.1 Å². The Morgan fingerprint density at radius 1 is 1.19 bits per heavy atom. The Bertz CT molecular complexity index is 640. The van der Waals surface area contributed by atoms with Crippen molar-refractivity contribution in [1.82, 2.24) is 5.32 Å². The lowest BCUT2D eigenvalue weighted by Gasteiger charge is -2.11. The lowest BCUT2D eigenvalue weighted by Crippen LogP contribution is -2.23. The van der Waals surface area contributed by atoms with Crippen LogP contribution in [0.5, 0.6) is 5.75 Å². The highest BCUT2D eigenvalue weighted by Gasteiger charge is 2.11. The largest absolute Gasteiger partial charge is 0.497 e. The summed E-state index contributed by atoms with van der Waals surface area (Å²) in [7, 11) is 1.59. The third kappa shape index (κ3) is 3.85. The van der Waals surface area contributed by atoms with Gasteiger partial charge in [-0.1, -0.05) is 31.2 Å². The molecule has 0 atom stereocenters. The molecule has 0 aliphatic heterocycles. The molecular formula is C17H18BrNO2. The fourth-order valence-corrected chi connectivity index (χ4v) is 2.58. The minimum absolute atomic E-state index is 0.119. The van der Waals surface area contributed by atoms with Gasteiger partial charge in [0.15, 0.2) is 0 Å². The van der Waals surface area contributed by atoms with E-state index in [4.69, 9.17) is 4.74 Å². The summed E-state index contributed by atoms with van der Waals surface area (Å²) in [5.41, 5.74) is 2.97. The predicted molar refractivity (Wildman–Crippen MR) is 87.7 cm³/mol. The number of amides is 1. The first-order valence-corrected chi connectivity index (χ1v) is 7.63. The molecule has 0 aliphatic rings. The highest BCUT2D eigenvalue weighted by Crippen LogP contribution is 2.22. The summed E-state index contributed by atoms with van der Waals surface area (Å²) in [4.78, 5) is 12.3. The number of halogens is 1. The number of aryl methyl sites for hydroxylation is 1. The molecule has 2 aromatic rings. The van der Waals surface area contributed by atoms with Gasteiger partial charge >= 0.3 is 0 Å². The van der Waals surface area contributed by atoms with Crippen LogP contribution in [0.3, 0.4) is 0 Å². The number of hydrogen-bond donors (Lipinski definition) is 1. The van der Waals surface area contributed by atoms with E-state index in [1.54, 1.807) is 13.2 Å². The molecule has 1 amide bonds. The second-order valence-corrected chi connectivity index (χ2v) is 5.51. The van der Waals surface area contributed by atoms with E-state index in [9.17, 15) is 4.79 Å². The zero-order valence-electron chi connectivity index (χ0n) is 12.2. The molecule has 0 saturated heterocycles. The normalized spacial score (nSPS) is 10.2. The van der Waals surface area contributed by atoms with Crippen molar-refractivity contribution in [3.05, 3.63) is 63.6 Å². The second-order valence-electron chi connectivity index (χ2n) is 4.65. The zero-order valence-corrected chi connectivity index (χ0v) is 13.7. The van der Waals surface area contributed by atoms with Crippen LogP contribution in [0, 0.1) is 0 Å². The van der Waals surface area contributed by atoms with Crippen LogP contribution in [0.4, 0.5) is 0 Å². The fourth-order valence-electron chi connectivity index (χ4n) is 2.15. The van der Waals surface area contributed by atoms with Crippen LogP contribution in [-0.2, 0) is 13.0 Å². The first kappa shape index (κ1) is 15.6. The minimum atomic E-state index is -0.119. The van der Waals surface area contributed by atoms with Crippen molar-refractivity contribution in [3.8, 4) is 5.75 Å². The number of benzene rings is 2. The molecule has 0 unspecified atom stereocenters. The molecule has 0 aromatic heterocycles. The second kappa shape index (κ2) is 7.27. The molecule has 21 heavy (non-hydrogen) atoms. The van der Waals surface area contributed by atoms with E-state index < -0.39 is 0 Å². The third-order valence-electron chi connectivity index (χ3n) is 3.36. The first-order valence-electron chi connectivity index (χ1n) is 6.84. The minimum Gasteiger partial charge on any atom is -0.497 e. The lowest BCUT2D eigenvalue weighted by molar-refractivity contribution is 0.0949. The highest BCUT2D eigenvalue weighted by atomic mass is 79.9. The van der Waals surface area contributed by atoms with Crippen molar-refractivity contribution in [2.45, 2.75) is 19.9 Å². The molecule has 0 bridgehead atoms. The summed E-state index contributed by atoms with van der Waals surface area (Å²) < 4.78 is 5.91. The van der Waals surface area contributed by atoms with Crippen LogP contribution in [0.15, 0.2) is 46.9 Å². The molecule has 0 heterocycles. The molecule has 1 N–H and O–H groups in total. The van der Waals surface area contributed by atoms with Crippen LogP contribution in [0.2, 0.25) is 0 Å². The fraction of sp³-hybridized carbons (Fsp3) is 0.235. The van der Waals surface area contributed by atoms with E-state index in [1.807, 2.05) is 30.3 Å². The van der Waals surface area contributed by atoms with Crippen molar-refractivity contribution in [1.29, 1.82) is 0 Å². The van der Waals surface area contributed by atoms with Crippen LogP contribution >= 0.6 is 15.9 Å². The molecule has 0 saturated carbocycles. The average molecular weight is 348 g/mol. The quantitative estimate of drug-likeness (QED) is 0.889. The van der Waals surface area contributed by atoms with Gasteiger partial charge in [-0.25, -0.2) is 0 Å². The maximum absolute atomic E-state index is 12.3. The van der Waals surface area contributed by atoms with Gasteiger partial charge in [0.1, 0.15) is 5.75 Å². The zero-order chi connectivity index (χ0) is 15.2. The van der Waals surface area contributed by atoms with Gasteiger partial charge in [0.2, 0.25) is 0 Å². The molecule has 0 fully saturated rings. The van der Waals surface area contributed by atoms with E-state index in [1.165, 1.54) is 5.56 Å². The Morgan fingerprint density at radius 2 is 1.90 bits per heavy atom. The summed E-state index contributed by atoms with van der Waals surface area (Å²) in [6, 6.07) is 13.5. The number of methoxy groups -OCH3 is 1. The summed E-state index contributed by atoms with van der Waals surface area (Å²) >= 11 is 3.40. The van der Waals surface area contributed by atoms with Gasteiger partial charge in [-0.05, 0) is 51.7 Å². The summed E-state index contributed by atoms with van der Waals surface area (Å²) in [6.45, 7) is 2.63. The van der Waals surface area contributed by atoms with E-state index >= 15 is 0 Å². The van der Waals surface area contributed by atoms with E-state index in [-0.39, 0.29) is 5.91 Å². The molecule has 110 valence electrons. The average Bonchev–Trinajstić information content (AvgIpc) is 2.53. The molecule has 2 rings (SSSR count). The van der Waals surface area contributed by atoms with Crippen molar-refractivity contribution in [2.75, 3.05) is 7.11 Å². The van der Waals surface area contributed by atoms with E-state index in [2.05, 4.69) is 34.2 Å². The molecular weight excluding hydrogens is 330 g/mol. The number of carbonyl (C=O) groups excluding carboxylic acids is 1. The molecule has 2 aromatic carbocycles. The van der Waals surface area contributed by atoms with Crippen LogP contribution in [0.1, 0.15) is 28.4 Å².